The minimum atomic E-state index is 0.0485. The van der Waals surface area contributed by atoms with Crippen molar-refractivity contribution in [1.82, 2.24) is 24.1 Å². The number of hydrogen-bond donors (Lipinski definition) is 1. The molecule has 0 saturated heterocycles. The van der Waals surface area contributed by atoms with Crippen LogP contribution >= 0.6 is 0 Å². The number of benzene rings is 1. The Morgan fingerprint density at radius 2 is 2.03 bits per heavy atom. The third kappa shape index (κ3) is 3.40. The molecule has 4 rings (SSSR count). The monoisotopic (exact) mass is 394 g/mol. The summed E-state index contributed by atoms with van der Waals surface area (Å²) < 4.78 is 8.91. The lowest BCUT2D eigenvalue weighted by molar-refractivity contribution is 0.126. The Kier molecular flexibility index (Phi) is 5.13. The molecule has 0 radical (unpaired) electrons. The van der Waals surface area contributed by atoms with Gasteiger partial charge in [0, 0.05) is 17.8 Å². The average Bonchev–Trinajstić information content (AvgIpc) is 3.26. The fraction of sp³-hybridized carbons (Fsp3) is 0.300. The number of aryl methyl sites for hydroxylation is 1. The van der Waals surface area contributed by atoms with Gasteiger partial charge in [0.15, 0.2) is 18.1 Å². The van der Waals surface area contributed by atoms with Crippen molar-refractivity contribution in [3.8, 4) is 5.75 Å². The van der Waals surface area contributed by atoms with Crippen LogP contribution in [-0.4, -0.2) is 49.2 Å². The van der Waals surface area contributed by atoms with Gasteiger partial charge in [0.2, 0.25) is 0 Å². The van der Waals surface area contributed by atoms with E-state index in [4.69, 9.17) is 9.57 Å². The molecule has 0 atom stereocenters. The molecule has 0 amide bonds. The van der Waals surface area contributed by atoms with Crippen LogP contribution < -0.4 is 4.74 Å². The lowest BCUT2D eigenvalue weighted by atomic mass is 10.2. The third-order valence-corrected chi connectivity index (χ3v) is 4.91. The third-order valence-electron chi connectivity index (χ3n) is 4.91. The Morgan fingerprint density at radius 1 is 1.21 bits per heavy atom. The summed E-state index contributed by atoms with van der Waals surface area (Å²) in [5.74, 6) is 1.22. The highest BCUT2D eigenvalue weighted by Gasteiger charge is 2.17. The topological polar surface area (TPSA) is 99.1 Å². The highest BCUT2D eigenvalue weighted by Crippen LogP contribution is 2.26. The summed E-state index contributed by atoms with van der Waals surface area (Å²) in [6.45, 7) is 4.70. The SMILES string of the molecule is COc1ccccc1C=NOCc1nc2c3c(C)c(C)n(CCO)c3ncn2n1. The van der Waals surface area contributed by atoms with E-state index >= 15 is 0 Å². The summed E-state index contributed by atoms with van der Waals surface area (Å²) in [4.78, 5) is 14.5. The number of para-hydroxylation sites is 1. The van der Waals surface area contributed by atoms with Gasteiger partial charge in [-0.15, -0.1) is 5.10 Å². The van der Waals surface area contributed by atoms with Crippen LogP contribution in [0.1, 0.15) is 22.6 Å². The molecule has 1 N–H and O–H groups in total. The van der Waals surface area contributed by atoms with Gasteiger partial charge in [-0.05, 0) is 31.5 Å². The van der Waals surface area contributed by atoms with Crippen molar-refractivity contribution >= 4 is 22.9 Å². The number of aliphatic hydroxyl groups is 1. The molecule has 0 aliphatic rings. The van der Waals surface area contributed by atoms with Gasteiger partial charge in [-0.1, -0.05) is 17.3 Å². The Labute approximate surface area is 167 Å². The van der Waals surface area contributed by atoms with E-state index in [9.17, 15) is 5.11 Å². The molecular formula is C20H22N6O3. The molecule has 0 bridgehead atoms. The van der Waals surface area contributed by atoms with Crippen LogP contribution in [0.4, 0.5) is 0 Å². The van der Waals surface area contributed by atoms with Crippen molar-refractivity contribution in [1.29, 1.82) is 0 Å². The number of hydrogen-bond acceptors (Lipinski definition) is 7. The van der Waals surface area contributed by atoms with Crippen LogP contribution in [0.5, 0.6) is 5.75 Å². The molecule has 0 saturated carbocycles. The van der Waals surface area contributed by atoms with Gasteiger partial charge >= 0.3 is 0 Å². The minimum absolute atomic E-state index is 0.0485. The lowest BCUT2D eigenvalue weighted by Crippen LogP contribution is -2.05. The Morgan fingerprint density at radius 3 is 2.83 bits per heavy atom. The zero-order chi connectivity index (χ0) is 20.4. The molecule has 0 aliphatic carbocycles. The van der Waals surface area contributed by atoms with E-state index in [1.807, 2.05) is 42.7 Å². The molecule has 0 aliphatic heterocycles. The Balaban J connectivity index is 1.58. The zero-order valence-corrected chi connectivity index (χ0v) is 16.5. The second kappa shape index (κ2) is 7.88. The maximum atomic E-state index is 9.35. The maximum absolute atomic E-state index is 9.35. The van der Waals surface area contributed by atoms with Crippen molar-refractivity contribution < 1.29 is 14.7 Å². The van der Waals surface area contributed by atoms with Crippen LogP contribution in [-0.2, 0) is 18.0 Å². The largest absolute Gasteiger partial charge is 0.496 e. The number of fused-ring (bicyclic) bond motifs is 3. The van der Waals surface area contributed by atoms with E-state index < -0.39 is 0 Å². The van der Waals surface area contributed by atoms with E-state index in [2.05, 4.69) is 20.2 Å². The number of oxime groups is 1. The van der Waals surface area contributed by atoms with Crippen LogP contribution in [0, 0.1) is 13.8 Å². The quantitative estimate of drug-likeness (QED) is 0.381. The number of ether oxygens (including phenoxy) is 1. The first kappa shape index (κ1) is 18.9. The first-order valence-corrected chi connectivity index (χ1v) is 9.23. The van der Waals surface area contributed by atoms with Gasteiger partial charge in [0.1, 0.15) is 17.7 Å². The van der Waals surface area contributed by atoms with Gasteiger partial charge in [0.25, 0.3) is 0 Å². The van der Waals surface area contributed by atoms with Crippen molar-refractivity contribution in [3.05, 3.63) is 53.2 Å². The Bertz CT molecular complexity index is 1190. The molecule has 1 aromatic carbocycles. The number of aromatic nitrogens is 5. The fourth-order valence-electron chi connectivity index (χ4n) is 3.37. The van der Waals surface area contributed by atoms with Gasteiger partial charge in [-0.2, -0.15) is 0 Å². The molecule has 0 spiro atoms. The predicted molar refractivity (Wildman–Crippen MR) is 108 cm³/mol. The zero-order valence-electron chi connectivity index (χ0n) is 16.5. The van der Waals surface area contributed by atoms with E-state index in [1.165, 1.54) is 0 Å². The van der Waals surface area contributed by atoms with Gasteiger partial charge in [0.05, 0.1) is 25.3 Å². The van der Waals surface area contributed by atoms with Crippen molar-refractivity contribution in [2.75, 3.05) is 13.7 Å². The molecule has 150 valence electrons. The molecule has 29 heavy (non-hydrogen) atoms. The second-order valence-corrected chi connectivity index (χ2v) is 6.57. The number of aliphatic hydroxyl groups excluding tert-OH is 1. The molecular weight excluding hydrogens is 372 g/mol. The summed E-state index contributed by atoms with van der Waals surface area (Å²) in [5, 5.41) is 18.7. The first-order chi connectivity index (χ1) is 14.1. The molecule has 9 heteroatoms. The van der Waals surface area contributed by atoms with Crippen molar-refractivity contribution in [2.45, 2.75) is 27.0 Å². The normalized spacial score (nSPS) is 11.7. The highest BCUT2D eigenvalue weighted by atomic mass is 16.6. The summed E-state index contributed by atoms with van der Waals surface area (Å²) in [6.07, 6.45) is 3.22. The molecule has 0 fully saturated rings. The van der Waals surface area contributed by atoms with Gasteiger partial charge in [-0.25, -0.2) is 14.5 Å². The molecule has 4 aromatic rings. The van der Waals surface area contributed by atoms with Crippen LogP contribution in [0.3, 0.4) is 0 Å². The minimum Gasteiger partial charge on any atom is -0.496 e. The second-order valence-electron chi connectivity index (χ2n) is 6.57. The highest BCUT2D eigenvalue weighted by molar-refractivity contribution is 5.93. The van der Waals surface area contributed by atoms with Gasteiger partial charge < -0.3 is 19.2 Å². The molecule has 3 heterocycles. The van der Waals surface area contributed by atoms with E-state index in [-0.39, 0.29) is 13.2 Å². The summed E-state index contributed by atoms with van der Waals surface area (Å²) in [7, 11) is 1.61. The van der Waals surface area contributed by atoms with Crippen LogP contribution in [0.15, 0.2) is 35.7 Å². The van der Waals surface area contributed by atoms with Crippen LogP contribution in [0.2, 0.25) is 0 Å². The van der Waals surface area contributed by atoms with E-state index in [1.54, 1.807) is 24.2 Å². The molecule has 3 aromatic heterocycles. The standard InChI is InChI=1S/C20H22N6O3/c1-13-14(2)25(8-9-27)19-18(13)20-23-17(24-26(20)12-21-19)11-29-22-10-15-6-4-5-7-16(15)28-3/h4-7,10,12,27H,8-9,11H2,1-3H3. The van der Waals surface area contributed by atoms with E-state index in [0.29, 0.717) is 18.0 Å². The average molecular weight is 394 g/mol. The summed E-state index contributed by atoms with van der Waals surface area (Å²) in [5.41, 5.74) is 4.44. The first-order valence-electron chi connectivity index (χ1n) is 9.23. The summed E-state index contributed by atoms with van der Waals surface area (Å²) >= 11 is 0. The molecule has 9 nitrogen and oxygen atoms in total. The summed E-state index contributed by atoms with van der Waals surface area (Å²) in [6, 6.07) is 7.54. The maximum Gasteiger partial charge on any atom is 0.192 e. The van der Waals surface area contributed by atoms with Crippen molar-refractivity contribution in [2.24, 2.45) is 5.16 Å². The number of nitrogens with zero attached hydrogens (tertiary/aromatic N) is 6. The molecule has 0 unspecified atom stereocenters. The lowest BCUT2D eigenvalue weighted by Gasteiger charge is -2.04. The van der Waals surface area contributed by atoms with Gasteiger partial charge in [-0.3, -0.25) is 0 Å². The Hall–Kier alpha value is -3.46. The van der Waals surface area contributed by atoms with E-state index in [0.717, 1.165) is 33.6 Å². The van der Waals surface area contributed by atoms with Crippen LogP contribution in [0.25, 0.3) is 16.7 Å². The smallest absolute Gasteiger partial charge is 0.192 e. The number of methoxy groups -OCH3 is 1. The number of rotatable bonds is 7. The predicted octanol–water partition coefficient (Wildman–Crippen LogP) is 2.25. The van der Waals surface area contributed by atoms with Crippen molar-refractivity contribution in [3.63, 3.8) is 0 Å². The fourth-order valence-corrected chi connectivity index (χ4v) is 3.37.